The minimum Gasteiger partial charge on any atom is -0.315 e. The molecule has 0 bridgehead atoms. The molecule has 3 heteroatoms. The molecule has 0 aromatic heterocycles. The molecule has 0 spiro atoms. The fraction of sp³-hybridized carbons (Fsp3) is 1.00. The van der Waals surface area contributed by atoms with Crippen LogP contribution in [0, 0.1) is 0 Å². The standard InChI is InChI=1S/C7H16N2S/c1-2-8-5-7-6-10-4-3-9-7/h7-9H,2-6H2,1H3. The van der Waals surface area contributed by atoms with Gasteiger partial charge in [-0.1, -0.05) is 6.92 Å². The van der Waals surface area contributed by atoms with Gasteiger partial charge in [-0.05, 0) is 6.54 Å². The van der Waals surface area contributed by atoms with Crippen molar-refractivity contribution in [3.05, 3.63) is 0 Å². The summed E-state index contributed by atoms with van der Waals surface area (Å²) < 4.78 is 0. The van der Waals surface area contributed by atoms with Gasteiger partial charge in [0.2, 0.25) is 0 Å². The Labute approximate surface area is 67.1 Å². The van der Waals surface area contributed by atoms with Gasteiger partial charge in [-0.2, -0.15) is 11.8 Å². The second-order valence-corrected chi connectivity index (χ2v) is 3.68. The number of nitrogens with one attached hydrogen (secondary N) is 2. The van der Waals surface area contributed by atoms with E-state index in [1.165, 1.54) is 18.1 Å². The van der Waals surface area contributed by atoms with E-state index in [1.807, 2.05) is 0 Å². The highest BCUT2D eigenvalue weighted by Gasteiger charge is 2.10. The van der Waals surface area contributed by atoms with Crippen LogP contribution in [0.3, 0.4) is 0 Å². The van der Waals surface area contributed by atoms with Gasteiger partial charge in [0.05, 0.1) is 0 Å². The molecule has 0 saturated carbocycles. The second kappa shape index (κ2) is 4.99. The Morgan fingerprint density at radius 2 is 2.60 bits per heavy atom. The van der Waals surface area contributed by atoms with Crippen molar-refractivity contribution in [2.75, 3.05) is 31.1 Å². The van der Waals surface area contributed by atoms with E-state index in [-0.39, 0.29) is 0 Å². The van der Waals surface area contributed by atoms with Crippen molar-refractivity contribution < 1.29 is 0 Å². The summed E-state index contributed by atoms with van der Waals surface area (Å²) in [5.41, 5.74) is 0. The van der Waals surface area contributed by atoms with E-state index in [0.29, 0.717) is 6.04 Å². The molecule has 1 aliphatic rings. The van der Waals surface area contributed by atoms with E-state index in [2.05, 4.69) is 29.3 Å². The summed E-state index contributed by atoms with van der Waals surface area (Å²) in [5, 5.41) is 6.81. The zero-order valence-corrected chi connectivity index (χ0v) is 7.34. The second-order valence-electron chi connectivity index (χ2n) is 2.53. The quantitative estimate of drug-likeness (QED) is 0.621. The zero-order valence-electron chi connectivity index (χ0n) is 6.52. The Morgan fingerprint density at radius 3 is 3.20 bits per heavy atom. The topological polar surface area (TPSA) is 24.1 Å². The Balaban J connectivity index is 2.02. The summed E-state index contributed by atoms with van der Waals surface area (Å²) in [6.07, 6.45) is 0. The maximum absolute atomic E-state index is 3.47. The van der Waals surface area contributed by atoms with Gasteiger partial charge < -0.3 is 10.6 Å². The molecule has 0 aromatic rings. The molecule has 2 N–H and O–H groups in total. The van der Waals surface area contributed by atoms with Crippen LogP contribution in [0.5, 0.6) is 0 Å². The minimum atomic E-state index is 0.707. The lowest BCUT2D eigenvalue weighted by molar-refractivity contribution is 0.522. The van der Waals surface area contributed by atoms with Crippen molar-refractivity contribution in [2.24, 2.45) is 0 Å². The first kappa shape index (κ1) is 8.37. The predicted molar refractivity (Wildman–Crippen MR) is 47.7 cm³/mol. The summed E-state index contributed by atoms with van der Waals surface area (Å²) in [7, 11) is 0. The molecule has 60 valence electrons. The van der Waals surface area contributed by atoms with Crippen molar-refractivity contribution >= 4 is 11.8 Å². The van der Waals surface area contributed by atoms with E-state index in [4.69, 9.17) is 0 Å². The monoisotopic (exact) mass is 160 g/mol. The summed E-state index contributed by atoms with van der Waals surface area (Å²) in [4.78, 5) is 0. The normalized spacial score (nSPS) is 26.7. The fourth-order valence-electron chi connectivity index (χ4n) is 1.07. The SMILES string of the molecule is CCNCC1CSCCN1. The van der Waals surface area contributed by atoms with Crippen LogP contribution in [0.25, 0.3) is 0 Å². The fourth-order valence-corrected chi connectivity index (χ4v) is 2.02. The van der Waals surface area contributed by atoms with E-state index in [0.717, 1.165) is 13.1 Å². The zero-order chi connectivity index (χ0) is 7.23. The first-order chi connectivity index (χ1) is 4.93. The molecular formula is C7H16N2S. The van der Waals surface area contributed by atoms with E-state index >= 15 is 0 Å². The number of likely N-dealkylation sites (N-methyl/N-ethyl adjacent to an activating group) is 1. The Morgan fingerprint density at radius 1 is 1.70 bits per heavy atom. The molecule has 1 rings (SSSR count). The van der Waals surface area contributed by atoms with Crippen molar-refractivity contribution in [2.45, 2.75) is 13.0 Å². The van der Waals surface area contributed by atoms with Crippen LogP contribution in [-0.4, -0.2) is 37.2 Å². The molecule has 1 heterocycles. The molecule has 2 nitrogen and oxygen atoms in total. The lowest BCUT2D eigenvalue weighted by Gasteiger charge is -2.22. The highest BCUT2D eigenvalue weighted by Crippen LogP contribution is 2.06. The van der Waals surface area contributed by atoms with Gasteiger partial charge in [-0.25, -0.2) is 0 Å². The maximum atomic E-state index is 3.47. The van der Waals surface area contributed by atoms with Crippen LogP contribution in [0.2, 0.25) is 0 Å². The number of rotatable bonds is 3. The third-order valence-electron chi connectivity index (χ3n) is 1.64. The van der Waals surface area contributed by atoms with Gasteiger partial charge in [-0.3, -0.25) is 0 Å². The van der Waals surface area contributed by atoms with Crippen LogP contribution >= 0.6 is 11.8 Å². The molecule has 0 amide bonds. The third-order valence-corrected chi connectivity index (χ3v) is 2.77. The van der Waals surface area contributed by atoms with Gasteiger partial charge >= 0.3 is 0 Å². The van der Waals surface area contributed by atoms with Crippen LogP contribution < -0.4 is 10.6 Å². The average molecular weight is 160 g/mol. The van der Waals surface area contributed by atoms with Crippen LogP contribution in [0.4, 0.5) is 0 Å². The van der Waals surface area contributed by atoms with E-state index < -0.39 is 0 Å². The largest absolute Gasteiger partial charge is 0.315 e. The van der Waals surface area contributed by atoms with Crippen molar-refractivity contribution in [3.8, 4) is 0 Å². The predicted octanol–water partition coefficient (Wildman–Crippen LogP) is 0.301. The molecular weight excluding hydrogens is 144 g/mol. The minimum absolute atomic E-state index is 0.707. The molecule has 1 aliphatic heterocycles. The average Bonchev–Trinajstić information content (AvgIpc) is 2.03. The highest BCUT2D eigenvalue weighted by atomic mass is 32.2. The summed E-state index contributed by atoms with van der Waals surface area (Å²) in [5.74, 6) is 2.55. The first-order valence-corrected chi connectivity index (χ1v) is 5.10. The molecule has 0 aliphatic carbocycles. The van der Waals surface area contributed by atoms with Gasteiger partial charge in [0.15, 0.2) is 0 Å². The molecule has 0 radical (unpaired) electrons. The van der Waals surface area contributed by atoms with Gasteiger partial charge in [0.1, 0.15) is 0 Å². The summed E-state index contributed by atoms with van der Waals surface area (Å²) in [6.45, 7) is 5.54. The van der Waals surface area contributed by atoms with E-state index in [1.54, 1.807) is 0 Å². The number of hydrogen-bond donors (Lipinski definition) is 2. The first-order valence-electron chi connectivity index (χ1n) is 3.95. The molecule has 1 fully saturated rings. The van der Waals surface area contributed by atoms with Crippen LogP contribution in [0.1, 0.15) is 6.92 Å². The smallest absolute Gasteiger partial charge is 0.0283 e. The third kappa shape index (κ3) is 2.90. The van der Waals surface area contributed by atoms with Gasteiger partial charge in [-0.15, -0.1) is 0 Å². The number of thioether (sulfide) groups is 1. The van der Waals surface area contributed by atoms with Crippen molar-refractivity contribution in [1.29, 1.82) is 0 Å². The van der Waals surface area contributed by atoms with Crippen LogP contribution in [-0.2, 0) is 0 Å². The van der Waals surface area contributed by atoms with Crippen LogP contribution in [0.15, 0.2) is 0 Å². The van der Waals surface area contributed by atoms with Gasteiger partial charge in [0, 0.05) is 30.6 Å². The molecule has 1 saturated heterocycles. The Bertz CT molecular complexity index is 81.7. The maximum Gasteiger partial charge on any atom is 0.0283 e. The summed E-state index contributed by atoms with van der Waals surface area (Å²) >= 11 is 2.05. The molecule has 1 atom stereocenters. The number of hydrogen-bond acceptors (Lipinski definition) is 3. The van der Waals surface area contributed by atoms with E-state index in [9.17, 15) is 0 Å². The van der Waals surface area contributed by atoms with Crippen molar-refractivity contribution in [3.63, 3.8) is 0 Å². The lowest BCUT2D eigenvalue weighted by atomic mass is 10.3. The Hall–Kier alpha value is 0.270. The highest BCUT2D eigenvalue weighted by molar-refractivity contribution is 7.99. The Kier molecular flexibility index (Phi) is 4.18. The molecule has 10 heavy (non-hydrogen) atoms. The van der Waals surface area contributed by atoms with Crippen molar-refractivity contribution in [1.82, 2.24) is 10.6 Å². The van der Waals surface area contributed by atoms with Gasteiger partial charge in [0.25, 0.3) is 0 Å². The molecule has 0 aromatic carbocycles. The summed E-state index contributed by atoms with van der Waals surface area (Å²) in [6, 6.07) is 0.707. The molecule has 1 unspecified atom stereocenters. The lowest BCUT2D eigenvalue weighted by Crippen LogP contribution is -2.44.